The van der Waals surface area contributed by atoms with E-state index in [1.54, 1.807) is 7.11 Å². The third-order valence-electron chi connectivity index (χ3n) is 4.76. The monoisotopic (exact) mass is 447 g/mol. The number of amidine groups is 1. The van der Waals surface area contributed by atoms with E-state index in [-0.39, 0.29) is 12.1 Å². The number of rotatable bonds is 5. The number of aliphatic imine (C=N–C) groups is 1. The van der Waals surface area contributed by atoms with Crippen LogP contribution in [0.2, 0.25) is 0 Å². The maximum absolute atomic E-state index is 5.85. The maximum Gasteiger partial charge on any atom is 0.174 e. The molecule has 27 heavy (non-hydrogen) atoms. The maximum atomic E-state index is 5.85. The summed E-state index contributed by atoms with van der Waals surface area (Å²) in [6.07, 6.45) is 1.83. The average Bonchev–Trinajstić information content (AvgIpc) is 3.18. The van der Waals surface area contributed by atoms with Gasteiger partial charge >= 0.3 is 0 Å². The zero-order chi connectivity index (χ0) is 19.0. The molecule has 0 bridgehead atoms. The fraction of sp³-hybridized carbons (Fsp3) is 0.400. The van der Waals surface area contributed by atoms with Crippen LogP contribution in [0.5, 0.6) is 11.5 Å². The van der Waals surface area contributed by atoms with Crippen molar-refractivity contribution < 1.29 is 9.47 Å². The molecule has 2 aliphatic rings. The van der Waals surface area contributed by atoms with Crippen LogP contribution in [0.3, 0.4) is 0 Å². The zero-order valence-electron chi connectivity index (χ0n) is 15.6. The Balaban J connectivity index is 1.80. The van der Waals surface area contributed by atoms with Gasteiger partial charge in [-0.05, 0) is 52.7 Å². The van der Waals surface area contributed by atoms with E-state index in [0.717, 1.165) is 38.9 Å². The van der Waals surface area contributed by atoms with Gasteiger partial charge in [0, 0.05) is 18.0 Å². The summed E-state index contributed by atoms with van der Waals surface area (Å²) >= 11 is 5.49. The van der Waals surface area contributed by atoms with Crippen molar-refractivity contribution in [3.8, 4) is 11.5 Å². The summed E-state index contributed by atoms with van der Waals surface area (Å²) in [5.74, 6) is 1.47. The first-order chi connectivity index (χ1) is 13.1. The Morgan fingerprint density at radius 3 is 2.89 bits per heavy atom. The summed E-state index contributed by atoms with van der Waals surface area (Å²) in [5.41, 5.74) is 2.14. The topological polar surface area (TPSA) is 47.0 Å². The van der Waals surface area contributed by atoms with Crippen molar-refractivity contribution in [1.82, 2.24) is 9.88 Å². The summed E-state index contributed by atoms with van der Waals surface area (Å²) in [4.78, 5) is 12.0. The van der Waals surface area contributed by atoms with E-state index < -0.39 is 0 Å². The Bertz CT molecular complexity index is 862. The van der Waals surface area contributed by atoms with Crippen molar-refractivity contribution in [2.45, 2.75) is 31.2 Å². The molecular formula is C20H22BrN3O2S. The highest BCUT2D eigenvalue weighted by atomic mass is 79.9. The molecule has 3 heterocycles. The minimum absolute atomic E-state index is 0.0315. The summed E-state index contributed by atoms with van der Waals surface area (Å²) in [5, 5.41) is 1.64. The molecule has 2 aliphatic heterocycles. The van der Waals surface area contributed by atoms with Crippen LogP contribution < -0.4 is 9.47 Å². The van der Waals surface area contributed by atoms with E-state index in [1.807, 2.05) is 37.0 Å². The van der Waals surface area contributed by atoms with Crippen LogP contribution in [0, 0.1) is 0 Å². The summed E-state index contributed by atoms with van der Waals surface area (Å²) in [7, 11) is 1.66. The fourth-order valence-corrected chi connectivity index (χ4v) is 5.41. The lowest BCUT2D eigenvalue weighted by atomic mass is 9.96. The molecule has 1 aromatic heterocycles. The number of fused-ring (bicyclic) bond motifs is 1. The second-order valence-corrected chi connectivity index (χ2v) is 8.86. The molecule has 5 nitrogen and oxygen atoms in total. The van der Waals surface area contributed by atoms with E-state index in [0.29, 0.717) is 11.9 Å². The largest absolute Gasteiger partial charge is 0.492 e. The van der Waals surface area contributed by atoms with Crippen LogP contribution in [-0.2, 0) is 0 Å². The highest BCUT2D eigenvalue weighted by molar-refractivity contribution is 9.10. The molecule has 0 saturated carbocycles. The van der Waals surface area contributed by atoms with Gasteiger partial charge in [0.25, 0.3) is 0 Å². The van der Waals surface area contributed by atoms with Crippen molar-refractivity contribution in [2.24, 2.45) is 4.99 Å². The molecule has 0 radical (unpaired) electrons. The normalized spacial score (nSPS) is 23.9. The third kappa shape index (κ3) is 3.43. The Morgan fingerprint density at radius 2 is 2.19 bits per heavy atom. The van der Waals surface area contributed by atoms with Gasteiger partial charge in [-0.1, -0.05) is 24.8 Å². The molecule has 1 saturated heterocycles. The van der Waals surface area contributed by atoms with Crippen molar-refractivity contribution in [3.05, 3.63) is 52.3 Å². The summed E-state index contributed by atoms with van der Waals surface area (Å²) < 4.78 is 12.3. The van der Waals surface area contributed by atoms with Crippen LogP contribution in [0.25, 0.3) is 0 Å². The first kappa shape index (κ1) is 18.6. The Labute approximate surface area is 172 Å². The number of benzene rings is 1. The van der Waals surface area contributed by atoms with Crippen LogP contribution in [-0.4, -0.2) is 40.6 Å². The van der Waals surface area contributed by atoms with E-state index in [1.165, 1.54) is 0 Å². The Hall–Kier alpha value is -1.73. The number of halogens is 1. The van der Waals surface area contributed by atoms with Crippen LogP contribution in [0.4, 0.5) is 0 Å². The molecule has 0 aliphatic carbocycles. The van der Waals surface area contributed by atoms with E-state index in [2.05, 4.69) is 50.9 Å². The molecule has 7 heteroatoms. The smallest absolute Gasteiger partial charge is 0.174 e. The Kier molecular flexibility index (Phi) is 5.32. The van der Waals surface area contributed by atoms with Gasteiger partial charge in [0.1, 0.15) is 6.04 Å². The number of pyridine rings is 1. The predicted molar refractivity (Wildman–Crippen MR) is 113 cm³/mol. The SMILES string of the molecule is CCOc1cc([C@@H]2[C@H](c3ccccn3)N=C3S[C@H](C)CN32)cc(Br)c1OC. The molecule has 4 rings (SSSR count). The van der Waals surface area contributed by atoms with Crippen molar-refractivity contribution in [3.63, 3.8) is 0 Å². The first-order valence-corrected chi connectivity index (χ1v) is 10.7. The number of nitrogens with zero attached hydrogens (tertiary/aromatic N) is 3. The number of hydrogen-bond acceptors (Lipinski definition) is 6. The van der Waals surface area contributed by atoms with Crippen LogP contribution >= 0.6 is 27.7 Å². The van der Waals surface area contributed by atoms with Gasteiger partial charge in [-0.15, -0.1) is 0 Å². The molecule has 1 fully saturated rings. The van der Waals surface area contributed by atoms with Gasteiger partial charge in [-0.3, -0.25) is 9.98 Å². The number of ether oxygens (including phenoxy) is 2. The van der Waals surface area contributed by atoms with Crippen molar-refractivity contribution in [1.29, 1.82) is 0 Å². The van der Waals surface area contributed by atoms with E-state index >= 15 is 0 Å². The number of thioether (sulfide) groups is 1. The number of methoxy groups -OCH3 is 1. The van der Waals surface area contributed by atoms with Gasteiger partial charge in [0.05, 0.1) is 29.9 Å². The van der Waals surface area contributed by atoms with Gasteiger partial charge in [0.2, 0.25) is 0 Å². The molecule has 3 atom stereocenters. The molecule has 0 spiro atoms. The van der Waals surface area contributed by atoms with Crippen LogP contribution in [0.1, 0.15) is 37.2 Å². The molecule has 0 N–H and O–H groups in total. The van der Waals surface area contributed by atoms with Gasteiger partial charge in [-0.2, -0.15) is 0 Å². The minimum atomic E-state index is -0.0315. The molecule has 142 valence electrons. The zero-order valence-corrected chi connectivity index (χ0v) is 18.0. The van der Waals surface area contributed by atoms with Gasteiger partial charge in [0.15, 0.2) is 16.7 Å². The standard InChI is InChI=1S/C20H22BrN3O2S/c1-4-26-16-10-13(9-14(21)19(16)25-3)18-17(15-7-5-6-8-22-15)23-20-24(18)11-12(2)27-20/h5-10,12,17-18H,4,11H2,1-3H3/t12-,17+,18-/m1/s1. The van der Waals surface area contributed by atoms with Crippen molar-refractivity contribution in [2.75, 3.05) is 20.3 Å². The number of hydrogen-bond donors (Lipinski definition) is 0. The molecule has 0 unspecified atom stereocenters. The van der Waals surface area contributed by atoms with Crippen LogP contribution in [0.15, 0.2) is 46.0 Å². The van der Waals surface area contributed by atoms with E-state index in [9.17, 15) is 0 Å². The lowest BCUT2D eigenvalue weighted by Crippen LogP contribution is -2.28. The average molecular weight is 448 g/mol. The highest BCUT2D eigenvalue weighted by Crippen LogP contribution is 2.49. The quantitative estimate of drug-likeness (QED) is 0.655. The second-order valence-electron chi connectivity index (χ2n) is 6.60. The number of aromatic nitrogens is 1. The lowest BCUT2D eigenvalue weighted by Gasteiger charge is -2.28. The van der Waals surface area contributed by atoms with Gasteiger partial charge < -0.3 is 14.4 Å². The summed E-state index contributed by atoms with van der Waals surface area (Å²) in [6, 6.07) is 10.3. The first-order valence-electron chi connectivity index (χ1n) is 9.04. The fourth-order valence-electron chi connectivity index (χ4n) is 3.70. The van der Waals surface area contributed by atoms with E-state index in [4.69, 9.17) is 14.5 Å². The van der Waals surface area contributed by atoms with Crippen molar-refractivity contribution >= 4 is 32.9 Å². The summed E-state index contributed by atoms with van der Waals surface area (Å²) in [6.45, 7) is 5.78. The molecule has 2 aromatic rings. The molecule has 1 aromatic carbocycles. The van der Waals surface area contributed by atoms with Gasteiger partial charge in [-0.25, -0.2) is 0 Å². The highest BCUT2D eigenvalue weighted by Gasteiger charge is 2.43. The third-order valence-corrected chi connectivity index (χ3v) is 6.45. The predicted octanol–water partition coefficient (Wildman–Crippen LogP) is 4.84. The second kappa shape index (κ2) is 7.72. The lowest BCUT2D eigenvalue weighted by molar-refractivity contribution is 0.301. The molecule has 0 amide bonds. The molecular weight excluding hydrogens is 426 g/mol. The minimum Gasteiger partial charge on any atom is -0.492 e. The Morgan fingerprint density at radius 1 is 1.33 bits per heavy atom.